The molecule has 4 N–H and O–H groups in total. The summed E-state index contributed by atoms with van der Waals surface area (Å²) in [5, 5.41) is 20.2. The van der Waals surface area contributed by atoms with Gasteiger partial charge in [0, 0.05) is 12.5 Å². The lowest BCUT2D eigenvalue weighted by Crippen LogP contribution is -2.29. The summed E-state index contributed by atoms with van der Waals surface area (Å²) < 4.78 is 1.71. The maximum Gasteiger partial charge on any atom is 0.358 e. The molecule has 1 aromatic heterocycles. The molecule has 7 nitrogen and oxygen atoms in total. The fourth-order valence-corrected chi connectivity index (χ4v) is 2.38. The molecule has 2 heterocycles. The largest absolute Gasteiger partial charge is 0.476 e. The molecule has 0 saturated carbocycles. The number of carboxylic acid groups (broad SMARTS) is 1. The maximum atomic E-state index is 11.2. The summed E-state index contributed by atoms with van der Waals surface area (Å²) in [4.78, 5) is 11.2. The van der Waals surface area contributed by atoms with E-state index in [0.29, 0.717) is 13.1 Å². The Balaban J connectivity index is 2.26. The van der Waals surface area contributed by atoms with Gasteiger partial charge < -0.3 is 16.2 Å². The minimum Gasteiger partial charge on any atom is -0.476 e. The SMILES string of the molecule is NCCCn1nnc(C(=O)O)c1C1CCNCC1. The standard InChI is InChI=1S/C11H19N5O2/c12-4-1-7-16-10(8-2-5-13-6-3-8)9(11(17)18)14-15-16/h8,13H,1-7,12H2,(H,17,18). The molecule has 0 radical (unpaired) electrons. The van der Waals surface area contributed by atoms with Crippen LogP contribution in [0, 0.1) is 0 Å². The predicted octanol–water partition coefficient (Wildman–Crippen LogP) is -0.208. The van der Waals surface area contributed by atoms with Crippen molar-refractivity contribution < 1.29 is 9.90 Å². The Morgan fingerprint density at radius 2 is 2.22 bits per heavy atom. The number of hydrogen-bond acceptors (Lipinski definition) is 5. The van der Waals surface area contributed by atoms with Gasteiger partial charge in [-0.1, -0.05) is 5.21 Å². The molecule has 0 atom stereocenters. The van der Waals surface area contributed by atoms with E-state index in [1.807, 2.05) is 0 Å². The van der Waals surface area contributed by atoms with Gasteiger partial charge in [-0.2, -0.15) is 0 Å². The molecule has 0 aromatic carbocycles. The molecule has 1 saturated heterocycles. The highest BCUT2D eigenvalue weighted by atomic mass is 16.4. The first-order chi connectivity index (χ1) is 8.74. The van der Waals surface area contributed by atoms with E-state index < -0.39 is 5.97 Å². The van der Waals surface area contributed by atoms with Gasteiger partial charge >= 0.3 is 5.97 Å². The number of carbonyl (C=O) groups is 1. The lowest BCUT2D eigenvalue weighted by molar-refractivity contribution is 0.0688. The summed E-state index contributed by atoms with van der Waals surface area (Å²) in [7, 11) is 0. The molecule has 7 heteroatoms. The van der Waals surface area contributed by atoms with Gasteiger partial charge in [-0.15, -0.1) is 5.10 Å². The molecule has 1 aliphatic heterocycles. The van der Waals surface area contributed by atoms with E-state index in [1.54, 1.807) is 4.68 Å². The van der Waals surface area contributed by atoms with Crippen LogP contribution < -0.4 is 11.1 Å². The number of nitrogens with zero attached hydrogens (tertiary/aromatic N) is 3. The van der Waals surface area contributed by atoms with E-state index in [2.05, 4.69) is 15.6 Å². The number of nitrogens with one attached hydrogen (secondary N) is 1. The summed E-state index contributed by atoms with van der Waals surface area (Å²) in [5.74, 6) is -0.771. The van der Waals surface area contributed by atoms with E-state index in [1.165, 1.54) is 0 Å². The van der Waals surface area contributed by atoms with Crippen molar-refractivity contribution in [1.82, 2.24) is 20.3 Å². The minimum atomic E-state index is -0.998. The Morgan fingerprint density at radius 1 is 1.50 bits per heavy atom. The highest BCUT2D eigenvalue weighted by Gasteiger charge is 2.27. The lowest BCUT2D eigenvalue weighted by Gasteiger charge is -2.23. The zero-order chi connectivity index (χ0) is 13.0. The third kappa shape index (κ3) is 2.68. The number of aromatic carboxylic acids is 1. The smallest absolute Gasteiger partial charge is 0.358 e. The molecule has 100 valence electrons. The number of piperidine rings is 1. The molecule has 0 spiro atoms. The van der Waals surface area contributed by atoms with Crippen LogP contribution in [0.2, 0.25) is 0 Å². The minimum absolute atomic E-state index is 0.0962. The van der Waals surface area contributed by atoms with Crippen LogP contribution in [0.15, 0.2) is 0 Å². The molecule has 1 aromatic rings. The number of aryl methyl sites for hydroxylation is 1. The van der Waals surface area contributed by atoms with Crippen molar-refractivity contribution in [1.29, 1.82) is 0 Å². The molecular weight excluding hydrogens is 234 g/mol. The second-order valence-electron chi connectivity index (χ2n) is 4.52. The highest BCUT2D eigenvalue weighted by Crippen LogP contribution is 2.27. The van der Waals surface area contributed by atoms with Crippen LogP contribution in [0.3, 0.4) is 0 Å². The zero-order valence-corrected chi connectivity index (χ0v) is 10.3. The molecule has 0 bridgehead atoms. The average molecular weight is 253 g/mol. The zero-order valence-electron chi connectivity index (χ0n) is 10.3. The van der Waals surface area contributed by atoms with Crippen molar-refractivity contribution in [2.45, 2.75) is 31.7 Å². The van der Waals surface area contributed by atoms with Crippen LogP contribution in [-0.2, 0) is 6.54 Å². The van der Waals surface area contributed by atoms with Gasteiger partial charge in [0.25, 0.3) is 0 Å². The maximum absolute atomic E-state index is 11.2. The summed E-state index contributed by atoms with van der Waals surface area (Å²) in [6, 6.07) is 0. The molecule has 0 amide bonds. The van der Waals surface area contributed by atoms with Crippen LogP contribution in [0.5, 0.6) is 0 Å². The summed E-state index contributed by atoms with van der Waals surface area (Å²) in [6.45, 7) is 3.02. The van der Waals surface area contributed by atoms with Gasteiger partial charge in [0.1, 0.15) is 0 Å². The van der Waals surface area contributed by atoms with Crippen LogP contribution in [0.25, 0.3) is 0 Å². The van der Waals surface area contributed by atoms with Crippen LogP contribution in [-0.4, -0.2) is 45.7 Å². The van der Waals surface area contributed by atoms with Crippen molar-refractivity contribution in [2.24, 2.45) is 5.73 Å². The fourth-order valence-electron chi connectivity index (χ4n) is 2.38. The number of nitrogens with two attached hydrogens (primary N) is 1. The van der Waals surface area contributed by atoms with E-state index in [0.717, 1.165) is 38.0 Å². The predicted molar refractivity (Wildman–Crippen MR) is 65.5 cm³/mol. The van der Waals surface area contributed by atoms with Gasteiger partial charge in [-0.25, -0.2) is 9.48 Å². The monoisotopic (exact) mass is 253 g/mol. The number of carboxylic acids is 1. The van der Waals surface area contributed by atoms with E-state index in [4.69, 9.17) is 5.73 Å². The number of rotatable bonds is 5. The van der Waals surface area contributed by atoms with Crippen molar-refractivity contribution in [2.75, 3.05) is 19.6 Å². The Morgan fingerprint density at radius 3 is 2.83 bits per heavy atom. The van der Waals surface area contributed by atoms with Gasteiger partial charge in [-0.05, 0) is 38.9 Å². The van der Waals surface area contributed by atoms with Crippen LogP contribution >= 0.6 is 0 Å². The normalized spacial score (nSPS) is 16.9. The second kappa shape index (κ2) is 5.92. The molecule has 0 aliphatic carbocycles. The Bertz CT molecular complexity index is 412. The lowest BCUT2D eigenvalue weighted by atomic mass is 9.93. The third-order valence-corrected chi connectivity index (χ3v) is 3.28. The van der Waals surface area contributed by atoms with E-state index in [9.17, 15) is 9.90 Å². The van der Waals surface area contributed by atoms with Crippen molar-refractivity contribution >= 4 is 5.97 Å². The third-order valence-electron chi connectivity index (χ3n) is 3.28. The average Bonchev–Trinajstić information content (AvgIpc) is 2.81. The number of hydrogen-bond donors (Lipinski definition) is 3. The van der Waals surface area contributed by atoms with Crippen molar-refractivity contribution in [3.63, 3.8) is 0 Å². The Labute approximate surface area is 105 Å². The summed E-state index contributed by atoms with van der Waals surface area (Å²) in [6.07, 6.45) is 2.63. The van der Waals surface area contributed by atoms with E-state index >= 15 is 0 Å². The van der Waals surface area contributed by atoms with E-state index in [-0.39, 0.29) is 11.6 Å². The Hall–Kier alpha value is -1.47. The fraction of sp³-hybridized carbons (Fsp3) is 0.727. The summed E-state index contributed by atoms with van der Waals surface area (Å²) in [5.41, 5.74) is 6.34. The second-order valence-corrected chi connectivity index (χ2v) is 4.52. The molecule has 1 aliphatic rings. The number of aromatic nitrogens is 3. The quantitative estimate of drug-likeness (QED) is 0.670. The van der Waals surface area contributed by atoms with Crippen LogP contribution in [0.4, 0.5) is 0 Å². The molecule has 1 fully saturated rings. The van der Waals surface area contributed by atoms with Gasteiger partial charge in [-0.3, -0.25) is 0 Å². The summed E-state index contributed by atoms with van der Waals surface area (Å²) >= 11 is 0. The molecule has 2 rings (SSSR count). The first-order valence-corrected chi connectivity index (χ1v) is 6.31. The molecule has 18 heavy (non-hydrogen) atoms. The highest BCUT2D eigenvalue weighted by molar-refractivity contribution is 5.86. The Kier molecular flexibility index (Phi) is 4.27. The van der Waals surface area contributed by atoms with Crippen molar-refractivity contribution in [3.05, 3.63) is 11.4 Å². The first-order valence-electron chi connectivity index (χ1n) is 6.31. The topological polar surface area (TPSA) is 106 Å². The van der Waals surface area contributed by atoms with Crippen molar-refractivity contribution in [3.8, 4) is 0 Å². The molecular formula is C11H19N5O2. The molecule has 0 unspecified atom stereocenters. The van der Waals surface area contributed by atoms with Crippen LogP contribution in [0.1, 0.15) is 41.4 Å². The first kappa shape index (κ1) is 13.0. The van der Waals surface area contributed by atoms with Gasteiger partial charge in [0.2, 0.25) is 0 Å². The van der Waals surface area contributed by atoms with Gasteiger partial charge in [0.15, 0.2) is 5.69 Å². The van der Waals surface area contributed by atoms with Gasteiger partial charge in [0.05, 0.1) is 5.69 Å².